The molecule has 4 fully saturated rings. The molecule has 0 amide bonds. The topological polar surface area (TPSA) is 60.7 Å². The average Bonchev–Trinajstić information content (AvgIpc) is 2.74. The molecule has 23 heavy (non-hydrogen) atoms. The Hall–Kier alpha value is -0.380. The van der Waals surface area contributed by atoms with Gasteiger partial charge in [-0.15, -0.1) is 0 Å². The van der Waals surface area contributed by atoms with Crippen LogP contribution in [0.25, 0.3) is 0 Å². The first-order valence-corrected chi connectivity index (χ1v) is 9.47. The van der Waals surface area contributed by atoms with Crippen molar-refractivity contribution >= 4 is 0 Å². The van der Waals surface area contributed by atoms with Gasteiger partial charge < -0.3 is 15.3 Å². The summed E-state index contributed by atoms with van der Waals surface area (Å²) in [6.45, 7) is 6.70. The van der Waals surface area contributed by atoms with E-state index in [1.165, 1.54) is 37.7 Å². The van der Waals surface area contributed by atoms with Crippen LogP contribution in [0.1, 0.15) is 58.3 Å². The van der Waals surface area contributed by atoms with Gasteiger partial charge in [-0.25, -0.2) is 0 Å². The molecule has 3 nitrogen and oxygen atoms in total. The average molecular weight is 320 g/mol. The summed E-state index contributed by atoms with van der Waals surface area (Å²) < 4.78 is 0. The van der Waals surface area contributed by atoms with Gasteiger partial charge in [0.1, 0.15) is 0 Å². The molecule has 1 spiro atoms. The Morgan fingerprint density at radius 2 is 1.78 bits per heavy atom. The predicted octanol–water partition coefficient (Wildman–Crippen LogP) is 2.89. The van der Waals surface area contributed by atoms with Gasteiger partial charge in [-0.3, -0.25) is 0 Å². The fraction of sp³-hybridized carbons (Fsp3) is 0.900. The van der Waals surface area contributed by atoms with Gasteiger partial charge in [0, 0.05) is 5.41 Å². The number of aliphatic hydroxyl groups is 3. The monoisotopic (exact) mass is 320 g/mol. The number of aliphatic hydroxyl groups excluding tert-OH is 3. The Morgan fingerprint density at radius 1 is 1.04 bits per heavy atom. The number of hydrogen-bond donors (Lipinski definition) is 3. The van der Waals surface area contributed by atoms with Crippen molar-refractivity contribution in [2.24, 2.45) is 34.0 Å². The third-order valence-electron chi connectivity index (χ3n) is 8.56. The van der Waals surface area contributed by atoms with Gasteiger partial charge in [-0.05, 0) is 80.0 Å². The molecule has 2 bridgehead atoms. The van der Waals surface area contributed by atoms with Gasteiger partial charge in [-0.2, -0.15) is 0 Å². The van der Waals surface area contributed by atoms with Crippen LogP contribution in [-0.4, -0.2) is 34.6 Å². The van der Waals surface area contributed by atoms with E-state index in [1.54, 1.807) is 0 Å². The highest BCUT2D eigenvalue weighted by molar-refractivity contribution is 5.22. The van der Waals surface area contributed by atoms with Gasteiger partial charge in [-0.1, -0.05) is 19.1 Å². The quantitative estimate of drug-likeness (QED) is 0.686. The van der Waals surface area contributed by atoms with Gasteiger partial charge in [0.15, 0.2) is 0 Å². The molecular weight excluding hydrogens is 288 g/mol. The molecule has 3 N–H and O–H groups in total. The van der Waals surface area contributed by atoms with Crippen LogP contribution in [-0.2, 0) is 0 Å². The lowest BCUT2D eigenvalue weighted by Gasteiger charge is -2.65. The summed E-state index contributed by atoms with van der Waals surface area (Å²) in [5.74, 6) is 1.66. The van der Waals surface area contributed by atoms with E-state index < -0.39 is 11.5 Å². The maximum atomic E-state index is 10.6. The minimum absolute atomic E-state index is 0.00410. The van der Waals surface area contributed by atoms with Crippen LogP contribution < -0.4 is 0 Å². The molecular formula is C20H32O3. The number of hydrogen-bond acceptors (Lipinski definition) is 3. The van der Waals surface area contributed by atoms with Crippen molar-refractivity contribution in [2.45, 2.75) is 64.4 Å². The van der Waals surface area contributed by atoms with Gasteiger partial charge in [0.25, 0.3) is 0 Å². The summed E-state index contributed by atoms with van der Waals surface area (Å²) in [7, 11) is 0. The second kappa shape index (κ2) is 5.06. The normalized spacial score (nSPS) is 51.2. The zero-order valence-electron chi connectivity index (χ0n) is 14.4. The van der Waals surface area contributed by atoms with Crippen molar-refractivity contribution < 1.29 is 15.3 Å². The van der Waals surface area contributed by atoms with E-state index in [4.69, 9.17) is 0 Å². The Morgan fingerprint density at radius 3 is 2.48 bits per heavy atom. The summed E-state index contributed by atoms with van der Waals surface area (Å²) >= 11 is 0. The Bertz CT molecular complexity index is 511. The summed E-state index contributed by atoms with van der Waals surface area (Å²) in [5.41, 5.74) is 1.39. The second-order valence-corrected chi connectivity index (χ2v) is 9.57. The van der Waals surface area contributed by atoms with Crippen LogP contribution in [0.5, 0.6) is 0 Å². The van der Waals surface area contributed by atoms with E-state index in [0.717, 1.165) is 18.8 Å². The van der Waals surface area contributed by atoms with Crippen molar-refractivity contribution in [3.8, 4) is 0 Å². The minimum Gasteiger partial charge on any atom is -0.396 e. The molecule has 0 aromatic heterocycles. The van der Waals surface area contributed by atoms with Crippen LogP contribution in [0, 0.1) is 34.0 Å². The molecule has 3 heteroatoms. The van der Waals surface area contributed by atoms with E-state index in [0.29, 0.717) is 23.7 Å². The second-order valence-electron chi connectivity index (χ2n) is 9.57. The van der Waals surface area contributed by atoms with Crippen LogP contribution in [0.15, 0.2) is 12.2 Å². The predicted molar refractivity (Wildman–Crippen MR) is 89.7 cm³/mol. The SMILES string of the molecule is C=C1C[C@]23CC[C@H]4C(CO)(CO)C[C@@H](O)C[C@]4(C)[C@H]2CC[C@H]1C3. The highest BCUT2D eigenvalue weighted by Gasteiger charge is 2.65. The van der Waals surface area contributed by atoms with Crippen LogP contribution in [0.2, 0.25) is 0 Å². The number of rotatable bonds is 2. The maximum Gasteiger partial charge on any atom is 0.0552 e. The third-order valence-corrected chi connectivity index (χ3v) is 8.56. The zero-order chi connectivity index (χ0) is 16.5. The molecule has 0 radical (unpaired) electrons. The Balaban J connectivity index is 1.75. The lowest BCUT2D eigenvalue weighted by molar-refractivity contribution is -0.200. The molecule has 4 saturated carbocycles. The molecule has 0 heterocycles. The fourth-order valence-corrected chi connectivity index (χ4v) is 7.83. The van der Waals surface area contributed by atoms with Gasteiger partial charge in [0.05, 0.1) is 19.3 Å². The van der Waals surface area contributed by atoms with Crippen LogP contribution >= 0.6 is 0 Å². The summed E-state index contributed by atoms with van der Waals surface area (Å²) in [5, 5.41) is 30.8. The van der Waals surface area contributed by atoms with E-state index in [2.05, 4.69) is 13.5 Å². The molecule has 0 saturated heterocycles. The molecule has 4 rings (SSSR count). The standard InChI is InChI=1S/C20H32O3/c1-13-7-19-6-5-17-18(2,16(19)4-3-14(13)8-19)9-15(23)10-20(17,11-21)12-22/h14-17,21-23H,1,3-12H2,2H3/t14-,15-,16+,17+,18+,19-/m0/s1. The van der Waals surface area contributed by atoms with Crippen molar-refractivity contribution in [2.75, 3.05) is 13.2 Å². The van der Waals surface area contributed by atoms with Gasteiger partial charge in [0.2, 0.25) is 0 Å². The van der Waals surface area contributed by atoms with Gasteiger partial charge >= 0.3 is 0 Å². The molecule has 130 valence electrons. The molecule has 0 aromatic rings. The summed E-state index contributed by atoms with van der Waals surface area (Å²) in [6.07, 6.45) is 8.23. The smallest absolute Gasteiger partial charge is 0.0552 e. The largest absolute Gasteiger partial charge is 0.396 e. The van der Waals surface area contributed by atoms with Crippen molar-refractivity contribution in [3.05, 3.63) is 12.2 Å². The van der Waals surface area contributed by atoms with Crippen LogP contribution in [0.4, 0.5) is 0 Å². The highest BCUT2D eigenvalue weighted by atomic mass is 16.3. The van der Waals surface area contributed by atoms with Crippen LogP contribution in [0.3, 0.4) is 0 Å². The number of allylic oxidation sites excluding steroid dienone is 1. The molecule has 0 unspecified atom stereocenters. The first-order valence-electron chi connectivity index (χ1n) is 9.47. The van der Waals surface area contributed by atoms with E-state index in [-0.39, 0.29) is 18.6 Å². The van der Waals surface area contributed by atoms with E-state index in [1.807, 2.05) is 0 Å². The molecule has 4 aliphatic carbocycles. The fourth-order valence-electron chi connectivity index (χ4n) is 7.83. The summed E-state index contributed by atoms with van der Waals surface area (Å²) in [4.78, 5) is 0. The van der Waals surface area contributed by atoms with Crippen molar-refractivity contribution in [1.29, 1.82) is 0 Å². The molecule has 4 aliphatic rings. The van der Waals surface area contributed by atoms with Crippen molar-refractivity contribution in [3.63, 3.8) is 0 Å². The molecule has 0 aromatic carbocycles. The highest BCUT2D eigenvalue weighted by Crippen LogP contribution is 2.72. The lowest BCUT2D eigenvalue weighted by atomic mass is 9.40. The Kier molecular flexibility index (Phi) is 3.54. The molecule has 0 aliphatic heterocycles. The Labute approximate surface area is 139 Å². The first-order chi connectivity index (χ1) is 10.9. The summed E-state index contributed by atoms with van der Waals surface area (Å²) in [6, 6.07) is 0. The maximum absolute atomic E-state index is 10.6. The van der Waals surface area contributed by atoms with Crippen molar-refractivity contribution in [1.82, 2.24) is 0 Å². The zero-order valence-corrected chi connectivity index (χ0v) is 14.4. The third kappa shape index (κ3) is 1.99. The lowest BCUT2D eigenvalue weighted by Crippen LogP contribution is -2.61. The van der Waals surface area contributed by atoms with E-state index in [9.17, 15) is 15.3 Å². The minimum atomic E-state index is -0.500. The number of fused-ring (bicyclic) bond motifs is 3. The molecule has 6 atom stereocenters. The first kappa shape index (κ1) is 16.1. The van der Waals surface area contributed by atoms with E-state index >= 15 is 0 Å².